The summed E-state index contributed by atoms with van der Waals surface area (Å²) in [6.45, 7) is 0. The molecule has 0 spiro atoms. The fourth-order valence-corrected chi connectivity index (χ4v) is 3.76. The van der Waals surface area contributed by atoms with Gasteiger partial charge in [0.2, 0.25) is 5.13 Å². The molecule has 1 aliphatic rings. The molecule has 0 amide bonds. The number of hydrogen-bond acceptors (Lipinski definition) is 3. The molecular formula is C15H18N4S. The van der Waals surface area contributed by atoms with Crippen LogP contribution >= 0.6 is 11.3 Å². The molecular weight excluding hydrogens is 268 g/mol. The summed E-state index contributed by atoms with van der Waals surface area (Å²) in [7, 11) is 0. The maximum absolute atomic E-state index is 5.43. The molecule has 20 heavy (non-hydrogen) atoms. The normalized spacial score (nSPS) is 18.1. The Bertz CT molecular complexity index is 614. The maximum atomic E-state index is 5.43. The first-order valence-electron chi connectivity index (χ1n) is 6.85. The van der Waals surface area contributed by atoms with E-state index in [0.29, 0.717) is 11.0 Å². The lowest BCUT2D eigenvalue weighted by Crippen LogP contribution is -2.21. The van der Waals surface area contributed by atoms with Crippen LogP contribution in [0.3, 0.4) is 0 Å². The Morgan fingerprint density at radius 1 is 1.25 bits per heavy atom. The summed E-state index contributed by atoms with van der Waals surface area (Å²) in [6, 6.07) is 10.7. The van der Waals surface area contributed by atoms with E-state index in [2.05, 4.69) is 40.3 Å². The summed E-state index contributed by atoms with van der Waals surface area (Å²) in [5, 5.41) is 0.684. The van der Waals surface area contributed by atoms with E-state index in [-0.39, 0.29) is 5.96 Å². The zero-order valence-corrected chi connectivity index (χ0v) is 12.1. The predicted octanol–water partition coefficient (Wildman–Crippen LogP) is 2.71. The van der Waals surface area contributed by atoms with Crippen LogP contribution in [0.4, 0.5) is 5.13 Å². The first-order chi connectivity index (χ1) is 9.72. The molecule has 0 fully saturated rings. The third-order valence-corrected chi connectivity index (χ3v) is 4.71. The van der Waals surface area contributed by atoms with E-state index in [1.165, 1.54) is 29.0 Å². The van der Waals surface area contributed by atoms with Crippen molar-refractivity contribution in [2.75, 3.05) is 0 Å². The summed E-state index contributed by atoms with van der Waals surface area (Å²) in [6.07, 6.45) is 4.47. The van der Waals surface area contributed by atoms with Gasteiger partial charge < -0.3 is 11.5 Å². The number of nitrogens with two attached hydrogens (primary N) is 2. The van der Waals surface area contributed by atoms with Gasteiger partial charge in [-0.25, -0.2) is 4.98 Å². The first-order valence-corrected chi connectivity index (χ1v) is 7.67. The second-order valence-corrected chi connectivity index (χ2v) is 6.17. The highest BCUT2D eigenvalue weighted by Gasteiger charge is 2.21. The molecule has 1 atom stereocenters. The minimum atomic E-state index is 0.0773. The molecule has 1 unspecified atom stereocenters. The number of aromatic nitrogens is 1. The number of rotatable bonds is 2. The van der Waals surface area contributed by atoms with Gasteiger partial charge >= 0.3 is 0 Å². The molecule has 1 heterocycles. The molecule has 0 saturated carbocycles. The van der Waals surface area contributed by atoms with Gasteiger partial charge in [-0.1, -0.05) is 41.7 Å². The van der Waals surface area contributed by atoms with Crippen molar-refractivity contribution in [3.63, 3.8) is 0 Å². The fourth-order valence-electron chi connectivity index (χ4n) is 2.74. The molecule has 1 aliphatic carbocycles. The number of nitrogens with zero attached hydrogens (tertiary/aromatic N) is 2. The van der Waals surface area contributed by atoms with Crippen LogP contribution in [0.2, 0.25) is 0 Å². The van der Waals surface area contributed by atoms with Gasteiger partial charge in [0.1, 0.15) is 0 Å². The van der Waals surface area contributed by atoms with Crippen molar-refractivity contribution in [3.8, 4) is 0 Å². The van der Waals surface area contributed by atoms with Crippen molar-refractivity contribution in [1.82, 2.24) is 4.98 Å². The zero-order chi connectivity index (χ0) is 13.9. The van der Waals surface area contributed by atoms with Gasteiger partial charge in [-0.05, 0) is 37.2 Å². The molecule has 3 rings (SSSR count). The Labute approximate surface area is 122 Å². The lowest BCUT2D eigenvalue weighted by Gasteiger charge is -2.13. The van der Waals surface area contributed by atoms with Crippen molar-refractivity contribution >= 4 is 22.4 Å². The Kier molecular flexibility index (Phi) is 3.69. The predicted molar refractivity (Wildman–Crippen MR) is 83.4 cm³/mol. The minimum absolute atomic E-state index is 0.0773. The van der Waals surface area contributed by atoms with Crippen LogP contribution in [0.5, 0.6) is 0 Å². The Balaban J connectivity index is 1.87. The van der Waals surface area contributed by atoms with Crippen molar-refractivity contribution < 1.29 is 0 Å². The van der Waals surface area contributed by atoms with Gasteiger partial charge in [0, 0.05) is 4.88 Å². The second-order valence-electron chi connectivity index (χ2n) is 5.11. The summed E-state index contributed by atoms with van der Waals surface area (Å²) >= 11 is 1.62. The highest BCUT2D eigenvalue weighted by atomic mass is 32.1. The van der Waals surface area contributed by atoms with E-state index in [1.54, 1.807) is 11.3 Å². The first kappa shape index (κ1) is 13.1. The quantitative estimate of drug-likeness (QED) is 0.506. The van der Waals surface area contributed by atoms with Gasteiger partial charge in [0.25, 0.3) is 0 Å². The van der Waals surface area contributed by atoms with Crippen LogP contribution in [0, 0.1) is 0 Å². The van der Waals surface area contributed by atoms with E-state index in [0.717, 1.165) is 12.8 Å². The Morgan fingerprint density at radius 2 is 2.05 bits per heavy atom. The van der Waals surface area contributed by atoms with Crippen molar-refractivity contribution in [2.45, 2.75) is 31.6 Å². The van der Waals surface area contributed by atoms with Gasteiger partial charge in [0.05, 0.1) is 5.69 Å². The van der Waals surface area contributed by atoms with Crippen LogP contribution in [-0.2, 0) is 12.8 Å². The molecule has 104 valence electrons. The van der Waals surface area contributed by atoms with Crippen molar-refractivity contribution in [1.29, 1.82) is 0 Å². The van der Waals surface area contributed by atoms with Crippen LogP contribution in [0.1, 0.15) is 34.9 Å². The SMILES string of the molecule is NC(N)=Nc1nc2c(s1)CCCC(c1ccccc1)C2. The number of guanidine groups is 1. The summed E-state index contributed by atoms with van der Waals surface area (Å²) in [5.41, 5.74) is 13.4. The highest BCUT2D eigenvalue weighted by Crippen LogP contribution is 2.36. The number of aliphatic imine (C=N–C) groups is 1. The number of hydrogen-bond donors (Lipinski definition) is 2. The smallest absolute Gasteiger partial charge is 0.212 e. The molecule has 4 nitrogen and oxygen atoms in total. The van der Waals surface area contributed by atoms with E-state index in [4.69, 9.17) is 11.5 Å². The molecule has 0 radical (unpaired) electrons. The molecule has 0 saturated heterocycles. The summed E-state index contributed by atoms with van der Waals surface area (Å²) < 4.78 is 0. The van der Waals surface area contributed by atoms with Crippen LogP contribution in [0.25, 0.3) is 0 Å². The van der Waals surface area contributed by atoms with E-state index in [1.807, 2.05) is 0 Å². The molecule has 1 aromatic carbocycles. The third kappa shape index (κ3) is 2.82. The lowest BCUT2D eigenvalue weighted by atomic mass is 9.92. The number of benzene rings is 1. The molecule has 1 aromatic heterocycles. The topological polar surface area (TPSA) is 77.3 Å². The molecule has 2 aromatic rings. The Hall–Kier alpha value is -1.88. The summed E-state index contributed by atoms with van der Waals surface area (Å²) in [5.74, 6) is 0.625. The van der Waals surface area contributed by atoms with Crippen LogP contribution in [0.15, 0.2) is 35.3 Å². The number of fused-ring (bicyclic) bond motifs is 1. The molecule has 0 aliphatic heterocycles. The van der Waals surface area contributed by atoms with Crippen molar-refractivity contribution in [2.24, 2.45) is 16.5 Å². The van der Waals surface area contributed by atoms with E-state index in [9.17, 15) is 0 Å². The average molecular weight is 286 g/mol. The zero-order valence-electron chi connectivity index (χ0n) is 11.2. The molecule has 0 bridgehead atoms. The van der Waals surface area contributed by atoms with Gasteiger partial charge in [-0.2, -0.15) is 4.99 Å². The highest BCUT2D eigenvalue weighted by molar-refractivity contribution is 7.15. The van der Waals surface area contributed by atoms with Gasteiger partial charge in [-0.3, -0.25) is 0 Å². The maximum Gasteiger partial charge on any atom is 0.212 e. The monoisotopic (exact) mass is 286 g/mol. The van der Waals surface area contributed by atoms with Crippen molar-refractivity contribution in [3.05, 3.63) is 46.5 Å². The Morgan fingerprint density at radius 3 is 2.80 bits per heavy atom. The van der Waals surface area contributed by atoms with Gasteiger partial charge in [-0.15, -0.1) is 0 Å². The average Bonchev–Trinajstić information content (AvgIpc) is 2.68. The number of aryl methyl sites for hydroxylation is 1. The second kappa shape index (κ2) is 5.63. The number of thiazole rings is 1. The lowest BCUT2D eigenvalue weighted by molar-refractivity contribution is 0.608. The largest absolute Gasteiger partial charge is 0.370 e. The molecule has 5 heteroatoms. The van der Waals surface area contributed by atoms with Gasteiger partial charge in [0.15, 0.2) is 5.96 Å². The van der Waals surface area contributed by atoms with Crippen LogP contribution < -0.4 is 11.5 Å². The standard InChI is InChI=1S/C15H18N4S/c16-14(17)19-15-18-12-9-11(7-4-8-13(12)20-15)10-5-2-1-3-6-10/h1-3,5-6,11H,4,7-9H2,(H4,16,17,18,19). The van der Waals surface area contributed by atoms with E-state index >= 15 is 0 Å². The van der Waals surface area contributed by atoms with Crippen LogP contribution in [-0.4, -0.2) is 10.9 Å². The fraction of sp³-hybridized carbons (Fsp3) is 0.333. The van der Waals surface area contributed by atoms with E-state index < -0.39 is 0 Å². The third-order valence-electron chi connectivity index (χ3n) is 3.66. The molecule has 4 N–H and O–H groups in total. The minimum Gasteiger partial charge on any atom is -0.370 e. The summed E-state index contributed by atoms with van der Waals surface area (Å²) in [4.78, 5) is 10.0.